The van der Waals surface area contributed by atoms with E-state index in [0.29, 0.717) is 44.7 Å². The normalized spacial score (nSPS) is 13.7. The van der Waals surface area contributed by atoms with Crippen LogP contribution in [-0.4, -0.2) is 27.0 Å². The van der Waals surface area contributed by atoms with Gasteiger partial charge in [-0.15, -0.1) is 0 Å². The summed E-state index contributed by atoms with van der Waals surface area (Å²) < 4.78 is 6.33. The van der Waals surface area contributed by atoms with Gasteiger partial charge in [0.05, 0.1) is 23.5 Å². The maximum atomic E-state index is 13.3. The van der Waals surface area contributed by atoms with Gasteiger partial charge in [0.2, 0.25) is 0 Å². The van der Waals surface area contributed by atoms with Crippen LogP contribution in [-0.2, 0) is 6.54 Å². The molecule has 8 heteroatoms. The molecule has 176 valence electrons. The third-order valence-corrected chi connectivity index (χ3v) is 6.32. The Morgan fingerprint density at radius 1 is 1.17 bits per heavy atom. The zero-order valence-electron chi connectivity index (χ0n) is 19.5. The lowest BCUT2D eigenvalue weighted by Gasteiger charge is -2.20. The Bertz CT molecular complexity index is 1560. The third kappa shape index (κ3) is 3.73. The molecule has 1 aliphatic rings. The Kier molecular flexibility index (Phi) is 5.36. The highest BCUT2D eigenvalue weighted by Gasteiger charge is 2.34. The first-order chi connectivity index (χ1) is 16.8. The van der Waals surface area contributed by atoms with Crippen LogP contribution >= 0.6 is 0 Å². The maximum absolute atomic E-state index is 13.3. The Morgan fingerprint density at radius 2 is 1.97 bits per heavy atom. The van der Waals surface area contributed by atoms with Crippen LogP contribution in [0, 0.1) is 13.8 Å². The predicted molar refractivity (Wildman–Crippen MR) is 132 cm³/mol. The van der Waals surface area contributed by atoms with Crippen molar-refractivity contribution in [1.82, 2.24) is 9.88 Å². The van der Waals surface area contributed by atoms with Crippen molar-refractivity contribution in [1.29, 1.82) is 0 Å². The van der Waals surface area contributed by atoms with E-state index in [9.17, 15) is 19.5 Å². The number of aryl methyl sites for hydroxylation is 1. The molecule has 0 radical (unpaired) electrons. The topological polar surface area (TPSA) is 113 Å². The van der Waals surface area contributed by atoms with Gasteiger partial charge >= 0.3 is 6.09 Å². The number of rotatable bonds is 4. The van der Waals surface area contributed by atoms with Crippen LogP contribution in [0.4, 0.5) is 10.5 Å². The Hall–Kier alpha value is -4.46. The molecule has 2 amide bonds. The second-order valence-corrected chi connectivity index (χ2v) is 8.74. The molecule has 35 heavy (non-hydrogen) atoms. The number of carbonyl (C=O) groups is 2. The van der Waals surface area contributed by atoms with Gasteiger partial charge < -0.3 is 14.8 Å². The van der Waals surface area contributed by atoms with E-state index >= 15 is 0 Å². The molecular formula is C27H23N3O5. The molecule has 3 heterocycles. The van der Waals surface area contributed by atoms with E-state index in [-0.39, 0.29) is 18.0 Å². The third-order valence-electron chi connectivity index (χ3n) is 6.32. The monoisotopic (exact) mass is 469 g/mol. The molecule has 1 atom stereocenters. The highest BCUT2D eigenvalue weighted by atomic mass is 16.4. The van der Waals surface area contributed by atoms with E-state index in [1.807, 2.05) is 32.0 Å². The van der Waals surface area contributed by atoms with Crippen molar-refractivity contribution in [2.24, 2.45) is 0 Å². The smallest absolute Gasteiger partial charge is 0.414 e. The first kappa shape index (κ1) is 22.3. The Balaban J connectivity index is 1.62. The number of carboxylic acid groups (broad SMARTS) is 1. The number of hydrogen-bond acceptors (Lipinski definition) is 6. The fourth-order valence-corrected chi connectivity index (χ4v) is 4.61. The summed E-state index contributed by atoms with van der Waals surface area (Å²) in [5, 5.41) is 13.2. The highest BCUT2D eigenvalue weighted by Crippen LogP contribution is 2.35. The number of nitrogens with zero attached hydrogens (tertiary/aromatic N) is 2. The summed E-state index contributed by atoms with van der Waals surface area (Å²) in [5.41, 5.74) is 4.71. The Morgan fingerprint density at radius 3 is 2.69 bits per heavy atom. The van der Waals surface area contributed by atoms with Crippen molar-refractivity contribution < 1.29 is 19.1 Å². The van der Waals surface area contributed by atoms with Gasteiger partial charge in [0, 0.05) is 34.8 Å². The zero-order chi connectivity index (χ0) is 24.9. The zero-order valence-corrected chi connectivity index (χ0v) is 19.5. The van der Waals surface area contributed by atoms with Crippen molar-refractivity contribution >= 4 is 28.7 Å². The molecule has 2 aromatic heterocycles. The average molecular weight is 469 g/mol. The Labute approximate surface area is 200 Å². The number of pyridine rings is 1. The van der Waals surface area contributed by atoms with Gasteiger partial charge in [-0.2, -0.15) is 0 Å². The van der Waals surface area contributed by atoms with Crippen molar-refractivity contribution in [2.45, 2.75) is 33.4 Å². The number of benzene rings is 2. The minimum atomic E-state index is -1.28. The molecule has 8 nitrogen and oxygen atoms in total. The molecule has 4 aromatic rings. The van der Waals surface area contributed by atoms with Crippen molar-refractivity contribution in [3.8, 4) is 11.3 Å². The lowest BCUT2D eigenvalue weighted by molar-refractivity contribution is 0.0764. The van der Waals surface area contributed by atoms with Crippen molar-refractivity contribution in [2.75, 3.05) is 5.32 Å². The highest BCUT2D eigenvalue weighted by molar-refractivity contribution is 6.09. The number of fused-ring (bicyclic) bond motifs is 2. The van der Waals surface area contributed by atoms with Crippen LogP contribution in [0.25, 0.3) is 22.3 Å². The van der Waals surface area contributed by atoms with Gasteiger partial charge in [0.1, 0.15) is 11.3 Å². The number of hydrogen-bond donors (Lipinski definition) is 2. The molecule has 0 saturated carbocycles. The quantitative estimate of drug-likeness (QED) is 0.418. The summed E-state index contributed by atoms with van der Waals surface area (Å²) in [6.07, 6.45) is 2.03. The number of aromatic nitrogens is 1. The van der Waals surface area contributed by atoms with Crippen molar-refractivity contribution in [3.05, 3.63) is 92.9 Å². The van der Waals surface area contributed by atoms with E-state index in [1.54, 1.807) is 43.6 Å². The molecule has 1 aliphatic heterocycles. The van der Waals surface area contributed by atoms with Gasteiger partial charge in [-0.05, 0) is 56.2 Å². The van der Waals surface area contributed by atoms with Crippen molar-refractivity contribution in [3.63, 3.8) is 0 Å². The number of carbonyl (C=O) groups excluding carboxylic acids is 1. The SMILES string of the molecule is Cc1cc([C@@H](C)Nc2cccc3c2C(=O)N(C(=O)O)C3)c2oc(-c3cccnc3)c(C)c(=O)c2c1. The van der Waals surface area contributed by atoms with E-state index in [2.05, 4.69) is 10.3 Å². The van der Waals surface area contributed by atoms with Gasteiger partial charge in [-0.3, -0.25) is 14.6 Å². The van der Waals surface area contributed by atoms with E-state index in [0.717, 1.165) is 16.0 Å². The van der Waals surface area contributed by atoms with Gasteiger partial charge in [0.15, 0.2) is 5.43 Å². The minimum absolute atomic E-state index is 0.0173. The largest absolute Gasteiger partial charge is 0.465 e. The molecule has 2 N–H and O–H groups in total. The van der Waals surface area contributed by atoms with Crippen LogP contribution in [0.5, 0.6) is 0 Å². The standard InChI is InChI=1S/C27H23N3O5/c1-14-10-19(16(3)29-21-8-4-6-18-13-30(27(33)34)26(32)22(18)21)25-20(11-14)23(31)15(2)24(35-25)17-7-5-9-28-12-17/h4-12,16,29H,13H2,1-3H3,(H,33,34)/t16-/m1/s1. The maximum Gasteiger partial charge on any atom is 0.414 e. The molecule has 0 aliphatic carbocycles. The fraction of sp³-hybridized carbons (Fsp3) is 0.185. The van der Waals surface area contributed by atoms with E-state index in [4.69, 9.17) is 4.42 Å². The predicted octanol–water partition coefficient (Wildman–Crippen LogP) is 5.28. The number of imide groups is 1. The number of amides is 2. The van der Waals surface area contributed by atoms with Crippen LogP contribution in [0.3, 0.4) is 0 Å². The molecule has 0 fully saturated rings. The minimum Gasteiger partial charge on any atom is -0.465 e. The van der Waals surface area contributed by atoms with Gasteiger partial charge in [-0.1, -0.05) is 18.2 Å². The molecular weight excluding hydrogens is 446 g/mol. The van der Waals surface area contributed by atoms with Crippen LogP contribution < -0.4 is 10.7 Å². The number of nitrogens with one attached hydrogen (secondary N) is 1. The molecule has 0 unspecified atom stereocenters. The molecule has 0 saturated heterocycles. The van der Waals surface area contributed by atoms with E-state index < -0.39 is 12.0 Å². The summed E-state index contributed by atoms with van der Waals surface area (Å²) in [4.78, 5) is 42.5. The first-order valence-corrected chi connectivity index (χ1v) is 11.2. The second-order valence-electron chi connectivity index (χ2n) is 8.74. The van der Waals surface area contributed by atoms with Crippen LogP contribution in [0.1, 0.15) is 45.6 Å². The van der Waals surface area contributed by atoms with Gasteiger partial charge in [-0.25, -0.2) is 9.69 Å². The van der Waals surface area contributed by atoms with E-state index in [1.165, 1.54) is 0 Å². The first-order valence-electron chi connectivity index (χ1n) is 11.2. The second kappa shape index (κ2) is 8.39. The summed E-state index contributed by atoms with van der Waals surface area (Å²) in [6, 6.07) is 12.3. The molecule has 2 aromatic carbocycles. The van der Waals surface area contributed by atoms with Gasteiger partial charge in [0.25, 0.3) is 5.91 Å². The summed E-state index contributed by atoms with van der Waals surface area (Å²) in [5.74, 6) is -0.0984. The molecule has 5 rings (SSSR count). The molecule has 0 spiro atoms. The summed E-state index contributed by atoms with van der Waals surface area (Å²) >= 11 is 0. The lowest BCUT2D eigenvalue weighted by Crippen LogP contribution is -2.29. The number of anilines is 1. The molecule has 0 bridgehead atoms. The summed E-state index contributed by atoms with van der Waals surface area (Å²) in [7, 11) is 0. The van der Waals surface area contributed by atoms with Crippen LogP contribution in [0.15, 0.2) is 64.1 Å². The van der Waals surface area contributed by atoms with Crippen LogP contribution in [0.2, 0.25) is 0 Å². The lowest BCUT2D eigenvalue weighted by atomic mass is 9.98. The average Bonchev–Trinajstić information content (AvgIpc) is 3.19. The summed E-state index contributed by atoms with van der Waals surface area (Å²) in [6.45, 7) is 5.58. The fourth-order valence-electron chi connectivity index (χ4n) is 4.61.